The number of nitrogens with zero attached hydrogens (tertiary/aromatic N) is 1. The maximum atomic E-state index is 13.1. The van der Waals surface area contributed by atoms with Gasteiger partial charge in [0.05, 0.1) is 12.3 Å². The molecule has 1 aliphatic heterocycles. The van der Waals surface area contributed by atoms with Crippen molar-refractivity contribution in [2.45, 2.75) is 38.1 Å². The highest BCUT2D eigenvalue weighted by Gasteiger charge is 2.54. The number of oxime groups is 1. The summed E-state index contributed by atoms with van der Waals surface area (Å²) in [7, 11) is 0. The van der Waals surface area contributed by atoms with E-state index in [9.17, 15) is 14.3 Å². The normalized spacial score (nSPS) is 20.0. The number of hydrogen-bond donors (Lipinski definition) is 1. The molecule has 1 N–H and O–H groups in total. The Bertz CT molecular complexity index is 838. The van der Waals surface area contributed by atoms with Crippen LogP contribution in [0.4, 0.5) is 4.39 Å². The summed E-state index contributed by atoms with van der Waals surface area (Å²) in [5.41, 5.74) is 0.308. The molecule has 2 unspecified atom stereocenters. The van der Waals surface area contributed by atoms with Gasteiger partial charge in [-0.3, -0.25) is 0 Å². The van der Waals surface area contributed by atoms with E-state index in [4.69, 9.17) is 21.2 Å². The fourth-order valence-electron chi connectivity index (χ4n) is 2.97. The van der Waals surface area contributed by atoms with Gasteiger partial charge >= 0.3 is 5.97 Å². The molecule has 0 saturated heterocycles. The van der Waals surface area contributed by atoms with Crippen LogP contribution in [0, 0.1) is 5.82 Å². The molecule has 0 aliphatic carbocycles. The summed E-state index contributed by atoms with van der Waals surface area (Å²) in [6.45, 7) is 1.98. The van der Waals surface area contributed by atoms with E-state index in [-0.39, 0.29) is 18.8 Å². The molecule has 7 heteroatoms. The first-order chi connectivity index (χ1) is 12.9. The Morgan fingerprint density at radius 1 is 1.30 bits per heavy atom. The van der Waals surface area contributed by atoms with Gasteiger partial charge < -0.3 is 14.7 Å². The van der Waals surface area contributed by atoms with E-state index >= 15 is 0 Å². The van der Waals surface area contributed by atoms with Gasteiger partial charge in [0.1, 0.15) is 11.9 Å². The third-order valence-corrected chi connectivity index (χ3v) is 4.75. The predicted molar refractivity (Wildman–Crippen MR) is 99.2 cm³/mol. The van der Waals surface area contributed by atoms with Crippen LogP contribution >= 0.6 is 11.6 Å². The monoisotopic (exact) mass is 391 g/mol. The average Bonchev–Trinajstić information content (AvgIpc) is 3.10. The lowest BCUT2D eigenvalue weighted by atomic mass is 9.86. The Labute approximate surface area is 161 Å². The molecular weight excluding hydrogens is 373 g/mol. The number of hydrogen-bond acceptors (Lipinski definition) is 4. The molecule has 2 aromatic carbocycles. The van der Waals surface area contributed by atoms with Gasteiger partial charge in [-0.25, -0.2) is 9.18 Å². The molecule has 5 nitrogen and oxygen atoms in total. The average molecular weight is 392 g/mol. The molecular formula is C20H19ClFNO4. The van der Waals surface area contributed by atoms with Gasteiger partial charge in [0.15, 0.2) is 0 Å². The summed E-state index contributed by atoms with van der Waals surface area (Å²) in [6.07, 6.45) is -0.222. The summed E-state index contributed by atoms with van der Waals surface area (Å²) >= 11 is 5.96. The van der Waals surface area contributed by atoms with Crippen molar-refractivity contribution in [1.29, 1.82) is 0 Å². The van der Waals surface area contributed by atoms with Crippen LogP contribution in [0.25, 0.3) is 0 Å². The van der Waals surface area contributed by atoms with Crippen LogP contribution in [0.2, 0.25) is 5.02 Å². The van der Waals surface area contributed by atoms with Crippen molar-refractivity contribution in [3.05, 3.63) is 70.5 Å². The maximum Gasteiger partial charge on any atom is 0.354 e. The Hall–Kier alpha value is -2.44. The van der Waals surface area contributed by atoms with E-state index in [1.54, 1.807) is 36.4 Å². The zero-order chi connectivity index (χ0) is 19.4. The van der Waals surface area contributed by atoms with Crippen LogP contribution < -0.4 is 0 Å². The first-order valence-electron chi connectivity index (χ1n) is 8.53. The lowest BCUT2D eigenvalue weighted by molar-refractivity contribution is -0.187. The summed E-state index contributed by atoms with van der Waals surface area (Å²) < 4.78 is 19.1. The largest absolute Gasteiger partial charge is 0.478 e. The molecule has 0 aromatic heterocycles. The van der Waals surface area contributed by atoms with Crippen molar-refractivity contribution in [2.24, 2.45) is 5.16 Å². The number of benzene rings is 2. The van der Waals surface area contributed by atoms with Crippen molar-refractivity contribution >= 4 is 23.3 Å². The molecule has 0 bridgehead atoms. The van der Waals surface area contributed by atoms with E-state index in [2.05, 4.69) is 5.16 Å². The second-order valence-corrected chi connectivity index (χ2v) is 6.78. The van der Waals surface area contributed by atoms with Crippen LogP contribution in [-0.2, 0) is 21.0 Å². The Kier molecular flexibility index (Phi) is 5.77. The van der Waals surface area contributed by atoms with E-state index in [1.165, 1.54) is 12.1 Å². The topological polar surface area (TPSA) is 68.1 Å². The summed E-state index contributed by atoms with van der Waals surface area (Å²) in [4.78, 5) is 17.6. The highest BCUT2D eigenvalue weighted by Crippen LogP contribution is 2.41. The molecule has 2 atom stereocenters. The Morgan fingerprint density at radius 3 is 2.52 bits per heavy atom. The fraction of sp³-hybridized carbons (Fsp3) is 0.300. The smallest absolute Gasteiger partial charge is 0.354 e. The Morgan fingerprint density at radius 2 is 1.96 bits per heavy atom. The van der Waals surface area contributed by atoms with Gasteiger partial charge in [-0.1, -0.05) is 47.9 Å². The molecule has 0 spiro atoms. The molecule has 0 amide bonds. The molecule has 142 valence electrons. The fourth-order valence-corrected chi connectivity index (χ4v) is 3.09. The Balaban J connectivity index is 1.92. The minimum Gasteiger partial charge on any atom is -0.478 e. The first-order valence-corrected chi connectivity index (χ1v) is 8.91. The second-order valence-electron chi connectivity index (χ2n) is 6.34. The lowest BCUT2D eigenvalue weighted by Gasteiger charge is -2.31. The van der Waals surface area contributed by atoms with Crippen molar-refractivity contribution in [3.63, 3.8) is 0 Å². The second kappa shape index (κ2) is 8.06. The number of carboxylic acids is 1. The van der Waals surface area contributed by atoms with Gasteiger partial charge in [-0.15, -0.1) is 0 Å². The number of rotatable bonds is 7. The minimum absolute atomic E-state index is 0.0907. The van der Waals surface area contributed by atoms with Gasteiger partial charge in [-0.2, -0.15) is 0 Å². The molecule has 27 heavy (non-hydrogen) atoms. The molecule has 1 heterocycles. The summed E-state index contributed by atoms with van der Waals surface area (Å²) in [5.74, 6) is -1.51. The molecule has 0 radical (unpaired) electrons. The highest BCUT2D eigenvalue weighted by molar-refractivity contribution is 6.30. The van der Waals surface area contributed by atoms with Gasteiger partial charge in [0.25, 0.3) is 5.60 Å². The van der Waals surface area contributed by atoms with Crippen LogP contribution in [-0.4, -0.2) is 22.4 Å². The van der Waals surface area contributed by atoms with E-state index < -0.39 is 17.7 Å². The number of carbonyl (C=O) groups is 1. The molecule has 0 saturated carbocycles. The van der Waals surface area contributed by atoms with Gasteiger partial charge in [-0.05, 0) is 41.8 Å². The third kappa shape index (κ3) is 4.12. The molecule has 2 aromatic rings. The van der Waals surface area contributed by atoms with Crippen molar-refractivity contribution in [2.75, 3.05) is 0 Å². The quantitative estimate of drug-likeness (QED) is 0.739. The van der Waals surface area contributed by atoms with Crippen molar-refractivity contribution in [3.8, 4) is 0 Å². The highest BCUT2D eigenvalue weighted by atomic mass is 35.5. The maximum absolute atomic E-state index is 13.1. The molecule has 1 aliphatic rings. The minimum atomic E-state index is -1.67. The third-order valence-electron chi connectivity index (χ3n) is 4.50. The summed E-state index contributed by atoms with van der Waals surface area (Å²) in [6, 6.07) is 12.6. The SMILES string of the molecule is CCC1=NOC(C(=O)O)(C(OCc2ccc(F)cc2)c2ccc(Cl)cc2)C1. The molecule has 3 rings (SSSR count). The number of halogens is 2. The van der Waals surface area contributed by atoms with Crippen LogP contribution in [0.3, 0.4) is 0 Å². The van der Waals surface area contributed by atoms with E-state index in [1.807, 2.05) is 6.92 Å². The zero-order valence-corrected chi connectivity index (χ0v) is 15.4. The standard InChI is InChI=1S/C20H19ClFNO4/c1-2-17-11-20(19(24)25,27-23-17)18(14-5-7-15(21)8-6-14)26-12-13-3-9-16(22)10-4-13/h3-10,18H,2,11-12H2,1H3,(H,24,25). The van der Waals surface area contributed by atoms with E-state index in [0.29, 0.717) is 28.3 Å². The van der Waals surface area contributed by atoms with Crippen LogP contribution in [0.15, 0.2) is 53.7 Å². The van der Waals surface area contributed by atoms with Gasteiger partial charge in [0.2, 0.25) is 0 Å². The lowest BCUT2D eigenvalue weighted by Crippen LogP contribution is -2.46. The zero-order valence-electron chi connectivity index (χ0n) is 14.7. The number of carboxylic acid groups (broad SMARTS) is 1. The summed E-state index contributed by atoms with van der Waals surface area (Å²) in [5, 5.41) is 14.4. The predicted octanol–water partition coefficient (Wildman–Crippen LogP) is 4.75. The molecule has 0 fully saturated rings. The van der Waals surface area contributed by atoms with E-state index in [0.717, 1.165) is 0 Å². The van der Waals surface area contributed by atoms with Crippen molar-refractivity contribution in [1.82, 2.24) is 0 Å². The first kappa shape index (κ1) is 19.3. The number of aliphatic carboxylic acids is 1. The van der Waals surface area contributed by atoms with Crippen LogP contribution in [0.1, 0.15) is 37.0 Å². The van der Waals surface area contributed by atoms with Crippen LogP contribution in [0.5, 0.6) is 0 Å². The number of ether oxygens (including phenoxy) is 1. The van der Waals surface area contributed by atoms with Gasteiger partial charge in [0, 0.05) is 11.4 Å². The van der Waals surface area contributed by atoms with Crippen molar-refractivity contribution < 1.29 is 23.9 Å².